The number of aryl methyl sites for hydroxylation is 3. The monoisotopic (exact) mass is 448 g/mol. The summed E-state index contributed by atoms with van der Waals surface area (Å²) in [6, 6.07) is 23.8. The third-order valence-corrected chi connectivity index (χ3v) is 7.79. The lowest BCUT2D eigenvalue weighted by atomic mass is 10.1. The first-order valence-electron chi connectivity index (χ1n) is 9.78. The quantitative estimate of drug-likeness (QED) is 0.441. The van der Waals surface area contributed by atoms with E-state index in [0.717, 1.165) is 27.9 Å². The van der Waals surface area contributed by atoms with E-state index in [-0.39, 0.29) is 9.80 Å². The molecule has 0 aliphatic rings. The Morgan fingerprint density at radius 2 is 1.68 bits per heavy atom. The molecule has 3 rings (SSSR count). The second-order valence-corrected chi connectivity index (χ2v) is 10.2. The third kappa shape index (κ3) is 5.57. The molecule has 0 spiro atoms. The van der Waals surface area contributed by atoms with Gasteiger partial charge in [-0.1, -0.05) is 54.1 Å². The van der Waals surface area contributed by atoms with E-state index in [2.05, 4.69) is 11.4 Å². The molecule has 158 valence electrons. The van der Waals surface area contributed by atoms with E-state index in [9.17, 15) is 13.7 Å². The van der Waals surface area contributed by atoms with Crippen LogP contribution in [0.25, 0.3) is 0 Å². The topological polar surface area (TPSA) is 70.0 Å². The zero-order valence-electron chi connectivity index (χ0n) is 17.7. The minimum absolute atomic E-state index is 0.0992. The first kappa shape index (κ1) is 22.7. The van der Waals surface area contributed by atoms with Crippen molar-refractivity contribution in [2.45, 2.75) is 31.4 Å². The highest BCUT2D eigenvalue weighted by Crippen LogP contribution is 2.31. The summed E-state index contributed by atoms with van der Waals surface area (Å²) >= 11 is 1.31. The number of thioether (sulfide) groups is 1. The summed E-state index contributed by atoms with van der Waals surface area (Å²) in [6.45, 7) is 6.03. The second kappa shape index (κ2) is 9.86. The molecule has 0 bridgehead atoms. The lowest BCUT2D eigenvalue weighted by Crippen LogP contribution is -2.10. The van der Waals surface area contributed by atoms with Gasteiger partial charge in [-0.25, -0.2) is 8.42 Å². The maximum atomic E-state index is 13.2. The molecule has 0 radical (unpaired) electrons. The van der Waals surface area contributed by atoms with E-state index in [4.69, 9.17) is 0 Å². The lowest BCUT2D eigenvalue weighted by molar-refractivity contribution is 0.603. The number of nitrogens with one attached hydrogen (secondary N) is 1. The molecule has 0 aromatic heterocycles. The predicted molar refractivity (Wildman–Crippen MR) is 128 cm³/mol. The molecule has 0 heterocycles. The van der Waals surface area contributed by atoms with Crippen molar-refractivity contribution in [3.8, 4) is 6.07 Å². The van der Waals surface area contributed by atoms with Crippen molar-refractivity contribution in [2.75, 3.05) is 5.32 Å². The van der Waals surface area contributed by atoms with Crippen molar-refractivity contribution < 1.29 is 8.42 Å². The Morgan fingerprint density at radius 1 is 0.935 bits per heavy atom. The van der Waals surface area contributed by atoms with Gasteiger partial charge in [0, 0.05) is 11.4 Å². The SMILES string of the molecule is Cc1cccc(CSC(Nc2ccc(C)c(C)c2)=C(C#N)S(=O)(=O)c2ccccc2)c1. The minimum atomic E-state index is -3.97. The Morgan fingerprint density at radius 3 is 2.32 bits per heavy atom. The van der Waals surface area contributed by atoms with Crippen LogP contribution in [-0.2, 0) is 15.6 Å². The Bertz CT molecular complexity index is 1260. The molecule has 0 aliphatic heterocycles. The first-order chi connectivity index (χ1) is 14.8. The summed E-state index contributed by atoms with van der Waals surface area (Å²) in [6.07, 6.45) is 0. The van der Waals surface area contributed by atoms with Crippen LogP contribution in [-0.4, -0.2) is 8.42 Å². The van der Waals surface area contributed by atoms with Gasteiger partial charge in [0.05, 0.1) is 4.90 Å². The Balaban J connectivity index is 2.05. The van der Waals surface area contributed by atoms with Gasteiger partial charge >= 0.3 is 0 Å². The van der Waals surface area contributed by atoms with Crippen molar-refractivity contribution in [3.05, 3.63) is 105 Å². The van der Waals surface area contributed by atoms with Gasteiger partial charge in [-0.15, -0.1) is 11.8 Å². The molecule has 4 nitrogen and oxygen atoms in total. The third-order valence-electron chi connectivity index (χ3n) is 4.86. The van der Waals surface area contributed by atoms with E-state index in [1.54, 1.807) is 18.2 Å². The van der Waals surface area contributed by atoms with Crippen molar-refractivity contribution >= 4 is 27.3 Å². The highest BCUT2D eigenvalue weighted by atomic mass is 32.2. The standard InChI is InChI=1S/C25H24N2O2S2/c1-18-8-7-9-21(14-18)17-30-25(27-22-13-12-19(2)20(3)15-22)24(16-26)31(28,29)23-10-5-4-6-11-23/h4-15,27H,17H2,1-3H3. The van der Waals surface area contributed by atoms with Crippen molar-refractivity contribution in [3.63, 3.8) is 0 Å². The molecule has 0 unspecified atom stereocenters. The molecule has 0 amide bonds. The first-order valence-corrected chi connectivity index (χ1v) is 12.3. The van der Waals surface area contributed by atoms with Crippen LogP contribution in [0.4, 0.5) is 5.69 Å². The van der Waals surface area contributed by atoms with Gasteiger partial charge in [0.15, 0.2) is 4.91 Å². The van der Waals surface area contributed by atoms with Gasteiger partial charge in [0.2, 0.25) is 9.84 Å². The van der Waals surface area contributed by atoms with Crippen molar-refractivity contribution in [1.29, 1.82) is 5.26 Å². The molecular weight excluding hydrogens is 424 g/mol. The van der Waals surface area contributed by atoms with Gasteiger partial charge in [0.25, 0.3) is 0 Å². The van der Waals surface area contributed by atoms with Crippen LogP contribution < -0.4 is 5.32 Å². The van der Waals surface area contributed by atoms with Gasteiger partial charge in [-0.2, -0.15) is 5.26 Å². The highest BCUT2D eigenvalue weighted by molar-refractivity contribution is 8.04. The average Bonchev–Trinajstić information content (AvgIpc) is 2.75. The molecule has 0 saturated carbocycles. The normalized spacial score (nSPS) is 12.1. The zero-order valence-corrected chi connectivity index (χ0v) is 19.3. The number of rotatable bonds is 7. The lowest BCUT2D eigenvalue weighted by Gasteiger charge is -2.15. The van der Waals surface area contributed by atoms with Crippen LogP contribution in [0.1, 0.15) is 22.3 Å². The zero-order chi connectivity index (χ0) is 22.4. The largest absolute Gasteiger partial charge is 0.349 e. The summed E-state index contributed by atoms with van der Waals surface area (Å²) < 4.78 is 26.5. The Hall–Kier alpha value is -3.01. The highest BCUT2D eigenvalue weighted by Gasteiger charge is 2.25. The molecule has 0 fully saturated rings. The van der Waals surface area contributed by atoms with E-state index in [0.29, 0.717) is 10.8 Å². The van der Waals surface area contributed by atoms with Crippen LogP contribution in [0.3, 0.4) is 0 Å². The number of nitrogens with zero attached hydrogens (tertiary/aromatic N) is 1. The van der Waals surface area contributed by atoms with Crippen molar-refractivity contribution in [2.24, 2.45) is 0 Å². The van der Waals surface area contributed by atoms with Crippen LogP contribution >= 0.6 is 11.8 Å². The number of hydrogen-bond acceptors (Lipinski definition) is 5. The van der Waals surface area contributed by atoms with Gasteiger partial charge in [0.1, 0.15) is 11.1 Å². The number of sulfone groups is 1. The maximum absolute atomic E-state index is 13.2. The van der Waals surface area contributed by atoms with Gasteiger partial charge in [-0.05, 0) is 61.7 Å². The fourth-order valence-electron chi connectivity index (χ4n) is 3.02. The maximum Gasteiger partial charge on any atom is 0.219 e. The number of nitriles is 1. The summed E-state index contributed by atoms with van der Waals surface area (Å²) in [7, 11) is -3.97. The summed E-state index contributed by atoms with van der Waals surface area (Å²) in [5.41, 5.74) is 5.14. The predicted octanol–water partition coefficient (Wildman–Crippen LogP) is 6.12. The fourth-order valence-corrected chi connectivity index (χ4v) is 5.55. The molecule has 1 N–H and O–H groups in total. The minimum Gasteiger partial charge on any atom is -0.349 e. The molecule has 0 aliphatic carbocycles. The average molecular weight is 449 g/mol. The summed E-state index contributed by atoms with van der Waals surface area (Å²) in [5.74, 6) is 0.532. The number of anilines is 1. The van der Waals surface area contributed by atoms with Crippen LogP contribution in [0, 0.1) is 32.1 Å². The Labute approximate surface area is 188 Å². The van der Waals surface area contributed by atoms with Crippen molar-refractivity contribution in [1.82, 2.24) is 0 Å². The summed E-state index contributed by atoms with van der Waals surface area (Å²) in [4.78, 5) is -0.184. The Kier molecular flexibility index (Phi) is 7.21. The van der Waals surface area contributed by atoms with E-state index < -0.39 is 9.84 Å². The molecule has 0 saturated heterocycles. The molecule has 3 aromatic rings. The van der Waals surface area contributed by atoms with Crippen LogP contribution in [0.15, 0.2) is 87.6 Å². The molecule has 31 heavy (non-hydrogen) atoms. The second-order valence-electron chi connectivity index (χ2n) is 7.29. The molecule has 3 aromatic carbocycles. The fraction of sp³-hybridized carbons (Fsp3) is 0.160. The van der Waals surface area contributed by atoms with E-state index in [1.165, 1.54) is 23.9 Å². The van der Waals surface area contributed by atoms with E-state index in [1.807, 2.05) is 63.2 Å². The van der Waals surface area contributed by atoms with Crippen LogP contribution in [0.2, 0.25) is 0 Å². The number of benzene rings is 3. The van der Waals surface area contributed by atoms with Crippen LogP contribution in [0.5, 0.6) is 0 Å². The van der Waals surface area contributed by atoms with Gasteiger partial charge < -0.3 is 5.32 Å². The molecule has 0 atom stereocenters. The smallest absolute Gasteiger partial charge is 0.219 e. The van der Waals surface area contributed by atoms with E-state index >= 15 is 0 Å². The number of allylic oxidation sites excluding steroid dienone is 1. The van der Waals surface area contributed by atoms with Gasteiger partial charge in [-0.3, -0.25) is 0 Å². The summed E-state index contributed by atoms with van der Waals surface area (Å²) in [5, 5.41) is 13.4. The number of hydrogen-bond donors (Lipinski definition) is 1. The molecule has 6 heteroatoms. The molecular formula is C25H24N2O2S2.